The Labute approximate surface area is 172 Å². The van der Waals surface area contributed by atoms with E-state index in [0.717, 1.165) is 32.4 Å². The van der Waals surface area contributed by atoms with Gasteiger partial charge in [0.05, 0.1) is 16.2 Å². The Morgan fingerprint density at radius 3 is 2.52 bits per heavy atom. The van der Waals surface area contributed by atoms with Crippen LogP contribution in [0.15, 0.2) is 52.3 Å². The first-order valence-corrected chi connectivity index (χ1v) is 10.6. The SMILES string of the molecule is O=C1Oc2ccc(Cl)cc2[C@H]2c3sc(=O)[nH]c3S[C@H](c3ccc(Cl)cc3)[C@@H]12. The number of rotatable bonds is 1. The summed E-state index contributed by atoms with van der Waals surface area (Å²) in [6, 6.07) is 12.7. The predicted octanol–water partition coefficient (Wildman–Crippen LogP) is 5.26. The van der Waals surface area contributed by atoms with Crippen molar-refractivity contribution in [3.63, 3.8) is 0 Å². The number of hydrogen-bond acceptors (Lipinski definition) is 5. The van der Waals surface area contributed by atoms with Gasteiger partial charge in [-0.05, 0) is 35.9 Å². The van der Waals surface area contributed by atoms with E-state index in [2.05, 4.69) is 4.98 Å². The summed E-state index contributed by atoms with van der Waals surface area (Å²) in [6.45, 7) is 0. The number of aromatic amines is 1. The van der Waals surface area contributed by atoms with Gasteiger partial charge in [0.2, 0.25) is 0 Å². The van der Waals surface area contributed by atoms with Crippen LogP contribution in [-0.2, 0) is 4.79 Å². The van der Waals surface area contributed by atoms with Crippen LogP contribution in [0.2, 0.25) is 10.0 Å². The molecule has 5 rings (SSSR count). The molecule has 2 aliphatic rings. The summed E-state index contributed by atoms with van der Waals surface area (Å²) in [5.41, 5.74) is 1.79. The van der Waals surface area contributed by atoms with Crippen molar-refractivity contribution < 1.29 is 9.53 Å². The van der Waals surface area contributed by atoms with Gasteiger partial charge in [0.15, 0.2) is 0 Å². The van der Waals surface area contributed by atoms with E-state index in [1.807, 2.05) is 18.2 Å². The van der Waals surface area contributed by atoms with Crippen LogP contribution < -0.4 is 9.61 Å². The lowest BCUT2D eigenvalue weighted by Gasteiger charge is -2.39. The van der Waals surface area contributed by atoms with Crippen molar-refractivity contribution in [1.29, 1.82) is 0 Å². The van der Waals surface area contributed by atoms with Crippen molar-refractivity contribution in [2.45, 2.75) is 16.2 Å². The molecule has 0 amide bonds. The number of halogens is 2. The highest BCUT2D eigenvalue weighted by atomic mass is 35.5. The van der Waals surface area contributed by atoms with Gasteiger partial charge in [-0.2, -0.15) is 0 Å². The number of aromatic nitrogens is 1. The highest BCUT2D eigenvalue weighted by Gasteiger charge is 2.49. The largest absolute Gasteiger partial charge is 0.426 e. The van der Waals surface area contributed by atoms with Gasteiger partial charge < -0.3 is 9.72 Å². The molecule has 27 heavy (non-hydrogen) atoms. The van der Waals surface area contributed by atoms with E-state index < -0.39 is 5.92 Å². The fourth-order valence-corrected chi connectivity index (χ4v) is 6.60. The van der Waals surface area contributed by atoms with Crippen molar-refractivity contribution in [2.24, 2.45) is 5.92 Å². The second-order valence-electron chi connectivity index (χ2n) is 6.40. The smallest absolute Gasteiger partial charge is 0.316 e. The Kier molecular flexibility index (Phi) is 4.13. The maximum atomic E-state index is 13.0. The zero-order valence-corrected chi connectivity index (χ0v) is 16.7. The number of nitrogens with one attached hydrogen (secondary N) is 1. The lowest BCUT2D eigenvalue weighted by Crippen LogP contribution is -2.37. The molecule has 0 aliphatic carbocycles. The third-order valence-electron chi connectivity index (χ3n) is 4.84. The molecule has 3 atom stereocenters. The fraction of sp³-hybridized carbons (Fsp3) is 0.158. The summed E-state index contributed by atoms with van der Waals surface area (Å²) in [7, 11) is 0. The minimum atomic E-state index is -0.457. The van der Waals surface area contributed by atoms with Gasteiger partial charge in [0.1, 0.15) is 5.75 Å². The minimum absolute atomic E-state index is 0.134. The highest BCUT2D eigenvalue weighted by molar-refractivity contribution is 7.99. The lowest BCUT2D eigenvalue weighted by molar-refractivity contribution is -0.140. The van der Waals surface area contributed by atoms with Crippen LogP contribution in [0, 0.1) is 5.92 Å². The number of hydrogen-bond donors (Lipinski definition) is 1. The standard InChI is InChI=1S/C19H11Cl2NO3S2/c20-9-3-1-8(2-4-9)15-14-13(16-17(26-15)22-19(24)27-16)11-7-10(21)5-6-12(11)25-18(14)23/h1-7,13-15H,(H,22,24)/t13-,14+,15-/m1/s1. The second kappa shape index (κ2) is 6.41. The number of carbonyl (C=O) groups is 1. The third kappa shape index (κ3) is 2.83. The number of carbonyl (C=O) groups excluding carboxylic acids is 1. The Hall–Kier alpha value is -1.73. The topological polar surface area (TPSA) is 59.2 Å². The summed E-state index contributed by atoms with van der Waals surface area (Å²) in [4.78, 5) is 28.7. The van der Waals surface area contributed by atoms with Gasteiger partial charge in [0, 0.05) is 26.4 Å². The van der Waals surface area contributed by atoms with Crippen LogP contribution in [0.1, 0.15) is 27.2 Å². The van der Waals surface area contributed by atoms with E-state index in [0.29, 0.717) is 15.8 Å². The van der Waals surface area contributed by atoms with Crippen LogP contribution in [0.25, 0.3) is 0 Å². The molecule has 2 aliphatic heterocycles. The average molecular weight is 436 g/mol. The first-order valence-electron chi connectivity index (χ1n) is 8.17. The van der Waals surface area contributed by atoms with Crippen molar-refractivity contribution >= 4 is 52.3 Å². The summed E-state index contributed by atoms with van der Waals surface area (Å²) < 4.78 is 5.63. The molecule has 0 radical (unpaired) electrons. The Balaban J connectivity index is 1.74. The lowest BCUT2D eigenvalue weighted by atomic mass is 9.78. The monoisotopic (exact) mass is 435 g/mol. The molecule has 0 saturated carbocycles. The van der Waals surface area contributed by atoms with Gasteiger partial charge in [-0.3, -0.25) is 9.59 Å². The number of esters is 1. The number of ether oxygens (including phenoxy) is 1. The first-order chi connectivity index (χ1) is 13.0. The molecule has 0 unspecified atom stereocenters. The third-order valence-corrected chi connectivity index (χ3v) is 7.80. The molecule has 1 N–H and O–H groups in total. The van der Waals surface area contributed by atoms with E-state index in [4.69, 9.17) is 27.9 Å². The molecule has 0 bridgehead atoms. The van der Waals surface area contributed by atoms with E-state index in [1.54, 1.807) is 24.3 Å². The highest BCUT2D eigenvalue weighted by Crippen LogP contribution is 2.58. The molecule has 1 aromatic heterocycles. The minimum Gasteiger partial charge on any atom is -0.426 e. The molecule has 2 aromatic carbocycles. The molecule has 8 heteroatoms. The van der Waals surface area contributed by atoms with E-state index in [-0.39, 0.29) is 22.0 Å². The van der Waals surface area contributed by atoms with Gasteiger partial charge in [-0.1, -0.05) is 58.4 Å². The number of benzene rings is 2. The number of thiazole rings is 1. The zero-order chi connectivity index (χ0) is 18.7. The molecule has 3 aromatic rings. The van der Waals surface area contributed by atoms with Gasteiger partial charge in [-0.15, -0.1) is 0 Å². The average Bonchev–Trinajstić information content (AvgIpc) is 3.02. The van der Waals surface area contributed by atoms with E-state index >= 15 is 0 Å². The van der Waals surface area contributed by atoms with Crippen molar-refractivity contribution in [3.05, 3.63) is 78.2 Å². The maximum absolute atomic E-state index is 13.0. The molecule has 0 fully saturated rings. The van der Waals surface area contributed by atoms with Gasteiger partial charge in [0.25, 0.3) is 0 Å². The molecule has 0 spiro atoms. The predicted molar refractivity (Wildman–Crippen MR) is 107 cm³/mol. The van der Waals surface area contributed by atoms with Crippen LogP contribution in [0.4, 0.5) is 0 Å². The van der Waals surface area contributed by atoms with Gasteiger partial charge >= 0.3 is 10.8 Å². The van der Waals surface area contributed by atoms with Crippen LogP contribution in [0.5, 0.6) is 5.75 Å². The maximum Gasteiger partial charge on any atom is 0.316 e. The summed E-state index contributed by atoms with van der Waals surface area (Å²) in [6.07, 6.45) is 0. The Morgan fingerprint density at radius 2 is 1.74 bits per heavy atom. The molecule has 3 heterocycles. The molecule has 4 nitrogen and oxygen atoms in total. The van der Waals surface area contributed by atoms with Crippen LogP contribution in [0.3, 0.4) is 0 Å². The zero-order valence-electron chi connectivity index (χ0n) is 13.6. The summed E-state index contributed by atoms with van der Waals surface area (Å²) in [5, 5.41) is 1.79. The van der Waals surface area contributed by atoms with Crippen LogP contribution in [-0.4, -0.2) is 11.0 Å². The Morgan fingerprint density at radius 1 is 1.00 bits per heavy atom. The van der Waals surface area contributed by atoms with Crippen LogP contribution >= 0.6 is 46.3 Å². The Bertz CT molecular complexity index is 1120. The quantitative estimate of drug-likeness (QED) is 0.418. The number of thioether (sulfide) groups is 1. The molecular weight excluding hydrogens is 425 g/mol. The van der Waals surface area contributed by atoms with E-state index in [9.17, 15) is 9.59 Å². The summed E-state index contributed by atoms with van der Waals surface area (Å²) >= 11 is 14.9. The van der Waals surface area contributed by atoms with Crippen molar-refractivity contribution in [1.82, 2.24) is 4.98 Å². The molecule has 136 valence electrons. The summed E-state index contributed by atoms with van der Waals surface area (Å²) in [5.74, 6) is -0.533. The first kappa shape index (κ1) is 17.4. The van der Waals surface area contributed by atoms with Crippen molar-refractivity contribution in [3.8, 4) is 5.75 Å². The van der Waals surface area contributed by atoms with Crippen molar-refractivity contribution in [2.75, 3.05) is 0 Å². The van der Waals surface area contributed by atoms with E-state index in [1.165, 1.54) is 11.8 Å². The molecular formula is C19H11Cl2NO3S2. The molecule has 0 saturated heterocycles. The number of H-pyrrole nitrogens is 1. The second-order valence-corrected chi connectivity index (χ2v) is 9.44. The fourth-order valence-electron chi connectivity index (χ4n) is 3.71. The normalized spacial score (nSPS) is 23.2. The van der Waals surface area contributed by atoms with Gasteiger partial charge in [-0.25, -0.2) is 0 Å². The number of fused-ring (bicyclic) bond motifs is 5.